The van der Waals surface area contributed by atoms with Crippen molar-refractivity contribution in [2.75, 3.05) is 11.4 Å². The molecular formula is C14H13N3O4. The van der Waals surface area contributed by atoms with E-state index in [0.29, 0.717) is 11.2 Å². The lowest BCUT2D eigenvalue weighted by Gasteiger charge is -2.27. The first-order chi connectivity index (χ1) is 9.97. The molecule has 7 heteroatoms. The molecule has 1 aliphatic heterocycles. The molecule has 7 nitrogen and oxygen atoms in total. The number of imide groups is 1. The van der Waals surface area contributed by atoms with Crippen LogP contribution in [-0.4, -0.2) is 34.2 Å². The number of carbonyl (C=O) groups excluding carboxylic acids is 2. The van der Waals surface area contributed by atoms with E-state index in [0.717, 1.165) is 15.5 Å². The fourth-order valence-electron chi connectivity index (χ4n) is 2.54. The highest BCUT2D eigenvalue weighted by molar-refractivity contribution is 6.06. The maximum Gasteiger partial charge on any atom is 0.416 e. The number of rotatable bonds is 1. The van der Waals surface area contributed by atoms with Crippen molar-refractivity contribution in [1.82, 2.24) is 9.88 Å². The molecule has 0 aliphatic carbocycles. The fraction of sp³-hybridized carbons (Fsp3) is 0.214. The van der Waals surface area contributed by atoms with Gasteiger partial charge in [-0.2, -0.15) is 0 Å². The monoisotopic (exact) mass is 287 g/mol. The van der Waals surface area contributed by atoms with Gasteiger partial charge in [0.05, 0.1) is 5.52 Å². The van der Waals surface area contributed by atoms with Crippen LogP contribution in [0.3, 0.4) is 0 Å². The number of aromatic nitrogens is 1. The lowest BCUT2D eigenvalue weighted by molar-refractivity contribution is -0.120. The SMILES string of the molecule is Cc1cc(N2CCC(=O)NC2=O)cc2c1ccn2C(=O)O. The van der Waals surface area contributed by atoms with Gasteiger partial charge in [0.25, 0.3) is 0 Å². The van der Waals surface area contributed by atoms with Gasteiger partial charge in [-0.1, -0.05) is 0 Å². The van der Waals surface area contributed by atoms with Crippen molar-refractivity contribution in [1.29, 1.82) is 0 Å². The average molecular weight is 287 g/mol. The molecule has 2 heterocycles. The lowest BCUT2D eigenvalue weighted by Crippen LogP contribution is -2.49. The molecule has 108 valence electrons. The third kappa shape index (κ3) is 2.12. The lowest BCUT2D eigenvalue weighted by atomic mass is 10.1. The number of carbonyl (C=O) groups is 3. The first-order valence-corrected chi connectivity index (χ1v) is 6.44. The molecule has 1 aromatic heterocycles. The highest BCUT2D eigenvalue weighted by Crippen LogP contribution is 2.27. The van der Waals surface area contributed by atoms with Gasteiger partial charge < -0.3 is 5.11 Å². The number of urea groups is 1. The zero-order chi connectivity index (χ0) is 15.1. The molecule has 1 fully saturated rings. The fourth-order valence-corrected chi connectivity index (χ4v) is 2.54. The second kappa shape index (κ2) is 4.62. The smallest absolute Gasteiger partial charge is 0.416 e. The molecule has 0 radical (unpaired) electrons. The molecule has 0 atom stereocenters. The van der Waals surface area contributed by atoms with Crippen LogP contribution >= 0.6 is 0 Å². The summed E-state index contributed by atoms with van der Waals surface area (Å²) in [6, 6.07) is 4.69. The van der Waals surface area contributed by atoms with Crippen LogP contribution in [-0.2, 0) is 4.79 Å². The number of hydrogen-bond donors (Lipinski definition) is 2. The molecule has 2 N–H and O–H groups in total. The van der Waals surface area contributed by atoms with Crippen LogP contribution in [0.4, 0.5) is 15.3 Å². The summed E-state index contributed by atoms with van der Waals surface area (Å²) in [7, 11) is 0. The summed E-state index contributed by atoms with van der Waals surface area (Å²) in [6.07, 6.45) is 0.617. The highest BCUT2D eigenvalue weighted by Gasteiger charge is 2.25. The van der Waals surface area contributed by atoms with E-state index >= 15 is 0 Å². The first kappa shape index (κ1) is 13.2. The van der Waals surface area contributed by atoms with Gasteiger partial charge in [0.2, 0.25) is 5.91 Å². The van der Waals surface area contributed by atoms with Crippen molar-refractivity contribution in [2.45, 2.75) is 13.3 Å². The molecule has 1 aromatic carbocycles. The molecular weight excluding hydrogens is 274 g/mol. The predicted molar refractivity (Wildman–Crippen MR) is 75.6 cm³/mol. The summed E-state index contributed by atoms with van der Waals surface area (Å²) in [4.78, 5) is 35.7. The Balaban J connectivity index is 2.11. The van der Waals surface area contributed by atoms with Crippen LogP contribution in [0.5, 0.6) is 0 Å². The van der Waals surface area contributed by atoms with E-state index in [-0.39, 0.29) is 18.9 Å². The first-order valence-electron chi connectivity index (χ1n) is 6.44. The van der Waals surface area contributed by atoms with Crippen LogP contribution in [0.2, 0.25) is 0 Å². The van der Waals surface area contributed by atoms with Crippen molar-refractivity contribution in [3.05, 3.63) is 30.0 Å². The van der Waals surface area contributed by atoms with Gasteiger partial charge in [0, 0.05) is 30.2 Å². The van der Waals surface area contributed by atoms with E-state index < -0.39 is 12.1 Å². The standard InChI is InChI=1S/C14H13N3O4/c1-8-6-9(16-5-3-12(18)15-13(16)19)7-11-10(8)2-4-17(11)14(20)21/h2,4,6-7H,3,5H2,1H3,(H,20,21)(H,15,18,19). The van der Waals surface area contributed by atoms with Crippen LogP contribution in [0.25, 0.3) is 10.9 Å². The Morgan fingerprint density at radius 1 is 1.33 bits per heavy atom. The number of aryl methyl sites for hydroxylation is 1. The number of carboxylic acid groups (broad SMARTS) is 1. The van der Waals surface area contributed by atoms with Gasteiger partial charge in [-0.3, -0.25) is 19.6 Å². The topological polar surface area (TPSA) is 91.6 Å². The summed E-state index contributed by atoms with van der Waals surface area (Å²) >= 11 is 0. The van der Waals surface area contributed by atoms with E-state index in [9.17, 15) is 19.5 Å². The molecule has 1 saturated heterocycles. The summed E-state index contributed by atoms with van der Waals surface area (Å²) in [5.74, 6) is -0.303. The maximum absolute atomic E-state index is 11.9. The van der Waals surface area contributed by atoms with Gasteiger partial charge in [-0.15, -0.1) is 0 Å². The zero-order valence-electron chi connectivity index (χ0n) is 11.3. The number of benzene rings is 1. The molecule has 1 aliphatic rings. The molecule has 0 saturated carbocycles. The number of nitrogens with one attached hydrogen (secondary N) is 1. The molecule has 21 heavy (non-hydrogen) atoms. The minimum absolute atomic E-state index is 0.225. The van der Waals surface area contributed by atoms with Crippen LogP contribution in [0.15, 0.2) is 24.4 Å². The minimum Gasteiger partial charge on any atom is -0.464 e. The van der Waals surface area contributed by atoms with Crippen molar-refractivity contribution < 1.29 is 19.5 Å². The van der Waals surface area contributed by atoms with Crippen molar-refractivity contribution in [3.63, 3.8) is 0 Å². The maximum atomic E-state index is 11.9. The largest absolute Gasteiger partial charge is 0.464 e. The Hall–Kier alpha value is -2.83. The average Bonchev–Trinajstić information content (AvgIpc) is 2.83. The van der Waals surface area contributed by atoms with E-state index in [4.69, 9.17) is 0 Å². The third-order valence-corrected chi connectivity index (χ3v) is 3.57. The van der Waals surface area contributed by atoms with Crippen LogP contribution in [0, 0.1) is 6.92 Å². The number of anilines is 1. The molecule has 0 bridgehead atoms. The summed E-state index contributed by atoms with van der Waals surface area (Å²) in [5.41, 5.74) is 1.96. The summed E-state index contributed by atoms with van der Waals surface area (Å²) in [6.45, 7) is 2.13. The zero-order valence-corrected chi connectivity index (χ0v) is 11.3. The third-order valence-electron chi connectivity index (χ3n) is 3.57. The molecule has 3 amide bonds. The Morgan fingerprint density at radius 2 is 2.10 bits per heavy atom. The second-order valence-corrected chi connectivity index (χ2v) is 4.92. The second-order valence-electron chi connectivity index (χ2n) is 4.92. The van der Waals surface area contributed by atoms with Crippen LogP contribution < -0.4 is 10.2 Å². The van der Waals surface area contributed by atoms with Crippen LogP contribution in [0.1, 0.15) is 12.0 Å². The van der Waals surface area contributed by atoms with Gasteiger partial charge >= 0.3 is 12.1 Å². The van der Waals surface area contributed by atoms with E-state index in [1.807, 2.05) is 13.0 Å². The van der Waals surface area contributed by atoms with E-state index in [2.05, 4.69) is 5.32 Å². The van der Waals surface area contributed by atoms with Crippen molar-refractivity contribution in [2.24, 2.45) is 0 Å². The van der Waals surface area contributed by atoms with Gasteiger partial charge in [-0.25, -0.2) is 9.59 Å². The summed E-state index contributed by atoms with van der Waals surface area (Å²) in [5, 5.41) is 12.2. The van der Waals surface area contributed by atoms with E-state index in [1.165, 1.54) is 11.1 Å². The van der Waals surface area contributed by atoms with Crippen molar-refractivity contribution >= 4 is 34.6 Å². The highest BCUT2D eigenvalue weighted by atomic mass is 16.4. The molecule has 0 spiro atoms. The Morgan fingerprint density at radius 3 is 2.76 bits per heavy atom. The summed E-state index contributed by atoms with van der Waals surface area (Å²) < 4.78 is 1.11. The van der Waals surface area contributed by atoms with Gasteiger partial charge in [-0.05, 0) is 30.7 Å². The number of nitrogens with zero attached hydrogens (tertiary/aromatic N) is 2. The molecule has 3 rings (SSSR count). The van der Waals surface area contributed by atoms with Gasteiger partial charge in [0.1, 0.15) is 0 Å². The number of hydrogen-bond acceptors (Lipinski definition) is 3. The quantitative estimate of drug-likeness (QED) is 0.838. The Bertz CT molecular complexity index is 778. The number of amides is 3. The number of fused-ring (bicyclic) bond motifs is 1. The molecule has 0 unspecified atom stereocenters. The normalized spacial score (nSPS) is 15.4. The van der Waals surface area contributed by atoms with Gasteiger partial charge in [0.15, 0.2) is 0 Å². The Labute approximate surface area is 119 Å². The predicted octanol–water partition coefficient (Wildman–Crippen LogP) is 1.92. The molecule has 2 aromatic rings. The van der Waals surface area contributed by atoms with Crippen molar-refractivity contribution in [3.8, 4) is 0 Å². The Kier molecular flexibility index (Phi) is 2.90. The van der Waals surface area contributed by atoms with E-state index in [1.54, 1.807) is 12.1 Å². The minimum atomic E-state index is -1.08.